The average Bonchev–Trinajstić information content (AvgIpc) is 3.51. The molecule has 0 spiro atoms. The topological polar surface area (TPSA) is 176 Å². The van der Waals surface area contributed by atoms with Crippen LogP contribution in [0.5, 0.6) is 5.75 Å². The number of nitrogens with two attached hydrogens (primary N) is 1. The number of nitrogens with one attached hydrogen (secondary N) is 1. The summed E-state index contributed by atoms with van der Waals surface area (Å²) in [7, 11) is -4.38. The first-order chi connectivity index (χ1) is 20.9. The van der Waals surface area contributed by atoms with Gasteiger partial charge < -0.3 is 29.7 Å². The van der Waals surface area contributed by atoms with Crippen LogP contribution in [0.3, 0.4) is 0 Å². The third kappa shape index (κ3) is 7.08. The largest absolute Gasteiger partial charge is 0.462 e. The molecule has 2 aromatic heterocycles. The molecule has 0 unspecified atom stereocenters. The van der Waals surface area contributed by atoms with Gasteiger partial charge in [0, 0.05) is 13.1 Å². The number of aliphatic hydroxyl groups is 1. The summed E-state index contributed by atoms with van der Waals surface area (Å²) in [5.74, 6) is -0.598. The zero-order valence-corrected chi connectivity index (χ0v) is 26.7. The van der Waals surface area contributed by atoms with Crippen molar-refractivity contribution in [1.82, 2.24) is 24.6 Å². The predicted molar refractivity (Wildman–Crippen MR) is 162 cm³/mol. The Kier molecular flexibility index (Phi) is 10.7. The molecule has 3 aromatic rings. The number of imidazole rings is 1. The number of carbonyl (C=O) groups is 1. The molecule has 1 saturated heterocycles. The van der Waals surface area contributed by atoms with Crippen LogP contribution in [-0.4, -0.2) is 86.2 Å². The van der Waals surface area contributed by atoms with E-state index in [1.54, 1.807) is 32.0 Å². The maximum atomic E-state index is 15.9. The number of nitrogen functional groups attached to an aromatic ring is 1. The van der Waals surface area contributed by atoms with E-state index in [2.05, 4.69) is 20.0 Å². The van der Waals surface area contributed by atoms with Gasteiger partial charge in [-0.25, -0.2) is 13.9 Å². The number of rotatable bonds is 14. The van der Waals surface area contributed by atoms with Crippen molar-refractivity contribution in [1.29, 1.82) is 0 Å². The van der Waals surface area contributed by atoms with Crippen molar-refractivity contribution >= 4 is 48.2 Å². The number of anilines is 2. The lowest BCUT2D eigenvalue weighted by Crippen LogP contribution is -2.48. The molecule has 14 nitrogen and oxygen atoms in total. The third-order valence-electron chi connectivity index (χ3n) is 6.96. The first-order valence-electron chi connectivity index (χ1n) is 14.1. The molecule has 4 N–H and O–H groups in total. The van der Waals surface area contributed by atoms with Crippen LogP contribution in [0.2, 0.25) is 0 Å². The standard InChI is InChI=1S/C27H38ClFN7O7P/c1-6-35(7-2)22-20-23(33-26(30)32-22)36(15-31-20)24-19(29)21(37)27(13-28,42-24)14-40-44(39,43-18-11-9-8-10-12-18)34-17(5)25(38)41-16(3)4/h8-12,15-17,19,21,24,37H,6-7,13-14H2,1-5H3,(H,34,39)(H2,30,32,33)/t17-,19-,21-,24+,27+,44-/m0/s1. The Bertz CT molecular complexity index is 1480. The number of ether oxygens (including phenoxy) is 2. The minimum atomic E-state index is -4.38. The SMILES string of the molecule is CCN(CC)c1nc(N)nc2c1ncn2[C@@H]1O[C@](CCl)(CO[P@@](=O)(N[C@@H](C)C(=O)OC(C)C)Oc2ccccc2)[C@@H](O)[C@@H]1F. The van der Waals surface area contributed by atoms with E-state index < -0.39 is 62.5 Å². The molecule has 0 radical (unpaired) electrons. The van der Waals surface area contributed by atoms with Gasteiger partial charge >= 0.3 is 13.7 Å². The Morgan fingerprint density at radius 1 is 1.27 bits per heavy atom. The molecule has 0 saturated carbocycles. The highest BCUT2D eigenvalue weighted by molar-refractivity contribution is 7.52. The number of para-hydroxylation sites is 1. The fourth-order valence-electron chi connectivity index (χ4n) is 4.68. The molecular formula is C27H38ClFN7O7P. The minimum absolute atomic E-state index is 0.0581. The van der Waals surface area contributed by atoms with Gasteiger partial charge in [0.05, 0.1) is 24.9 Å². The fourth-order valence-corrected chi connectivity index (χ4v) is 6.52. The van der Waals surface area contributed by atoms with Crippen LogP contribution in [0, 0.1) is 0 Å². The zero-order valence-electron chi connectivity index (χ0n) is 25.1. The molecule has 3 heterocycles. The Morgan fingerprint density at radius 3 is 2.57 bits per heavy atom. The monoisotopic (exact) mass is 657 g/mol. The van der Waals surface area contributed by atoms with E-state index in [1.807, 2.05) is 18.7 Å². The molecule has 242 valence electrons. The highest BCUT2D eigenvalue weighted by Crippen LogP contribution is 2.49. The van der Waals surface area contributed by atoms with Gasteiger partial charge in [-0.15, -0.1) is 11.6 Å². The van der Waals surface area contributed by atoms with E-state index in [1.165, 1.54) is 30.0 Å². The molecule has 0 aliphatic carbocycles. The number of nitrogens with zero attached hydrogens (tertiary/aromatic N) is 5. The average molecular weight is 658 g/mol. The van der Waals surface area contributed by atoms with Gasteiger partial charge in [0.25, 0.3) is 0 Å². The van der Waals surface area contributed by atoms with Crippen LogP contribution >= 0.6 is 19.3 Å². The Hall–Kier alpha value is -3.07. The number of hydrogen-bond donors (Lipinski definition) is 3. The molecular weight excluding hydrogens is 620 g/mol. The van der Waals surface area contributed by atoms with Crippen LogP contribution in [-0.2, 0) is 23.4 Å². The summed E-state index contributed by atoms with van der Waals surface area (Å²) in [6, 6.07) is 6.96. The lowest BCUT2D eigenvalue weighted by atomic mass is 9.99. The van der Waals surface area contributed by atoms with Crippen LogP contribution in [0.25, 0.3) is 11.2 Å². The molecule has 17 heteroatoms. The summed E-state index contributed by atoms with van der Waals surface area (Å²) in [6.07, 6.45) is -4.44. The van der Waals surface area contributed by atoms with E-state index >= 15 is 4.39 Å². The van der Waals surface area contributed by atoms with E-state index in [-0.39, 0.29) is 17.3 Å². The molecule has 1 fully saturated rings. The minimum Gasteiger partial charge on any atom is -0.462 e. The van der Waals surface area contributed by atoms with Gasteiger partial charge in [-0.1, -0.05) is 18.2 Å². The number of halogens is 2. The predicted octanol–water partition coefficient (Wildman–Crippen LogP) is 3.59. The Morgan fingerprint density at radius 2 is 1.95 bits per heavy atom. The second-order valence-corrected chi connectivity index (χ2v) is 12.5. The van der Waals surface area contributed by atoms with E-state index in [0.29, 0.717) is 24.4 Å². The summed E-state index contributed by atoms with van der Waals surface area (Å²) < 4.78 is 53.7. The summed E-state index contributed by atoms with van der Waals surface area (Å²) in [5.41, 5.74) is 4.63. The number of esters is 1. The highest BCUT2D eigenvalue weighted by Gasteiger charge is 2.57. The van der Waals surface area contributed by atoms with Crippen LogP contribution < -0.4 is 20.2 Å². The van der Waals surface area contributed by atoms with Gasteiger partial charge in [-0.3, -0.25) is 13.9 Å². The van der Waals surface area contributed by atoms with Crippen LogP contribution in [0.1, 0.15) is 40.8 Å². The van der Waals surface area contributed by atoms with Gasteiger partial charge in [-0.05, 0) is 46.8 Å². The van der Waals surface area contributed by atoms with Crippen molar-refractivity contribution in [2.24, 2.45) is 0 Å². The van der Waals surface area contributed by atoms with Gasteiger partial charge in [0.1, 0.15) is 23.5 Å². The van der Waals surface area contributed by atoms with Crippen LogP contribution in [0.4, 0.5) is 16.2 Å². The first kappa shape index (κ1) is 33.8. The normalized spacial score (nSPS) is 23.9. The smallest absolute Gasteiger partial charge is 0.459 e. The van der Waals surface area contributed by atoms with Crippen molar-refractivity contribution in [3.8, 4) is 5.75 Å². The highest BCUT2D eigenvalue weighted by atomic mass is 35.5. The zero-order chi connectivity index (χ0) is 32.2. The Labute approximate surface area is 259 Å². The number of carbonyl (C=O) groups excluding carboxylic acids is 1. The maximum Gasteiger partial charge on any atom is 0.459 e. The number of alkyl halides is 2. The quantitative estimate of drug-likeness (QED) is 0.130. The number of hydrogen-bond acceptors (Lipinski definition) is 12. The van der Waals surface area contributed by atoms with E-state index in [4.69, 9.17) is 35.9 Å². The van der Waals surface area contributed by atoms with Crippen molar-refractivity contribution in [3.63, 3.8) is 0 Å². The number of aromatic nitrogens is 4. The summed E-state index contributed by atoms with van der Waals surface area (Å²) in [5, 5.41) is 13.6. The molecule has 1 aliphatic heterocycles. The van der Waals surface area contributed by atoms with Crippen molar-refractivity contribution in [2.75, 3.05) is 36.2 Å². The second kappa shape index (κ2) is 13.9. The molecule has 4 rings (SSSR count). The van der Waals surface area contributed by atoms with Crippen molar-refractivity contribution < 1.29 is 37.4 Å². The van der Waals surface area contributed by atoms with Crippen molar-refractivity contribution in [3.05, 3.63) is 36.7 Å². The lowest BCUT2D eigenvalue weighted by molar-refractivity contribution is -0.149. The number of fused-ring (bicyclic) bond motifs is 1. The summed E-state index contributed by atoms with van der Waals surface area (Å²) >= 11 is 6.27. The molecule has 44 heavy (non-hydrogen) atoms. The fraction of sp³-hybridized carbons (Fsp3) is 0.556. The summed E-state index contributed by atoms with van der Waals surface area (Å²) in [4.78, 5) is 27.4. The van der Waals surface area contributed by atoms with Gasteiger partial charge in [-0.2, -0.15) is 15.1 Å². The maximum absolute atomic E-state index is 15.9. The van der Waals surface area contributed by atoms with Gasteiger partial charge in [0.2, 0.25) is 5.95 Å². The summed E-state index contributed by atoms with van der Waals surface area (Å²) in [6.45, 7) is 9.17. The lowest BCUT2D eigenvalue weighted by Gasteiger charge is -2.31. The van der Waals surface area contributed by atoms with Crippen LogP contribution in [0.15, 0.2) is 36.7 Å². The first-order valence-corrected chi connectivity index (χ1v) is 16.2. The molecule has 1 aliphatic rings. The van der Waals surface area contributed by atoms with Crippen molar-refractivity contribution in [2.45, 2.75) is 70.9 Å². The molecule has 6 atom stereocenters. The van der Waals surface area contributed by atoms with E-state index in [0.717, 1.165) is 0 Å². The Balaban J connectivity index is 1.63. The van der Waals surface area contributed by atoms with E-state index in [9.17, 15) is 14.5 Å². The number of aliphatic hydroxyl groups excluding tert-OH is 1. The third-order valence-corrected chi connectivity index (χ3v) is 9.03. The second-order valence-electron chi connectivity index (χ2n) is 10.5. The number of benzene rings is 1. The van der Waals surface area contributed by atoms with Gasteiger partial charge in [0.15, 0.2) is 29.4 Å². The molecule has 0 amide bonds. The molecule has 0 bridgehead atoms. The molecule has 1 aromatic carbocycles.